The first-order valence-corrected chi connectivity index (χ1v) is 7.48. The lowest BCUT2D eigenvalue weighted by atomic mass is 10.1. The molecule has 0 heterocycles. The van der Waals surface area contributed by atoms with Gasteiger partial charge in [0, 0.05) is 22.7 Å². The number of nitro benzene ring substituents is 1. The number of hydrogen-bond donors (Lipinski definition) is 1. The van der Waals surface area contributed by atoms with E-state index in [1.54, 1.807) is 23.9 Å². The predicted molar refractivity (Wildman–Crippen MR) is 83.7 cm³/mol. The van der Waals surface area contributed by atoms with Gasteiger partial charge in [-0.3, -0.25) is 14.9 Å². The van der Waals surface area contributed by atoms with Crippen LogP contribution in [0.5, 0.6) is 0 Å². The Bertz CT molecular complexity index is 656. The Hall–Kier alpha value is -2.34. The van der Waals surface area contributed by atoms with Crippen molar-refractivity contribution in [3.05, 3.63) is 64.2 Å². The van der Waals surface area contributed by atoms with Gasteiger partial charge in [0.25, 0.3) is 5.69 Å². The average Bonchev–Trinajstić information content (AvgIpc) is 2.48. The molecular weight excluding hydrogens is 288 g/mol. The van der Waals surface area contributed by atoms with E-state index in [1.807, 2.05) is 30.5 Å². The second-order valence-electron chi connectivity index (χ2n) is 4.38. The van der Waals surface area contributed by atoms with Crippen LogP contribution in [-0.4, -0.2) is 17.1 Å². The minimum atomic E-state index is -0.489. The van der Waals surface area contributed by atoms with Gasteiger partial charge in [0.05, 0.1) is 11.3 Å². The molecule has 6 heteroatoms. The second-order valence-corrected chi connectivity index (χ2v) is 5.26. The van der Waals surface area contributed by atoms with Gasteiger partial charge >= 0.3 is 0 Å². The van der Waals surface area contributed by atoms with E-state index in [4.69, 9.17) is 0 Å². The summed E-state index contributed by atoms with van der Waals surface area (Å²) in [6.07, 6.45) is 2.22. The van der Waals surface area contributed by atoms with E-state index in [0.29, 0.717) is 5.69 Å². The Morgan fingerprint density at radius 1 is 1.24 bits per heavy atom. The SMILES string of the molecule is CSc1ccc(CC(=O)Nc2cccc([N+](=O)[O-])c2)cc1. The fraction of sp³-hybridized carbons (Fsp3) is 0.133. The zero-order valence-electron chi connectivity index (χ0n) is 11.4. The van der Waals surface area contributed by atoms with Gasteiger partial charge in [-0.2, -0.15) is 0 Å². The van der Waals surface area contributed by atoms with Crippen LogP contribution in [0.3, 0.4) is 0 Å². The molecule has 2 aromatic rings. The number of hydrogen-bond acceptors (Lipinski definition) is 4. The maximum absolute atomic E-state index is 11.9. The Morgan fingerprint density at radius 3 is 2.57 bits per heavy atom. The lowest BCUT2D eigenvalue weighted by molar-refractivity contribution is -0.384. The molecule has 0 saturated heterocycles. The highest BCUT2D eigenvalue weighted by Crippen LogP contribution is 2.18. The number of carbonyl (C=O) groups is 1. The number of amides is 1. The molecule has 0 fully saturated rings. The van der Waals surface area contributed by atoms with Crippen molar-refractivity contribution in [2.75, 3.05) is 11.6 Å². The van der Waals surface area contributed by atoms with E-state index in [9.17, 15) is 14.9 Å². The number of carbonyl (C=O) groups excluding carboxylic acids is 1. The van der Waals surface area contributed by atoms with Crippen LogP contribution in [0.1, 0.15) is 5.56 Å². The zero-order chi connectivity index (χ0) is 15.2. The lowest BCUT2D eigenvalue weighted by Crippen LogP contribution is -2.14. The molecule has 1 amide bonds. The van der Waals surface area contributed by atoms with Crippen LogP contribution in [0.15, 0.2) is 53.4 Å². The molecule has 0 aliphatic carbocycles. The maximum atomic E-state index is 11.9. The van der Waals surface area contributed by atoms with Crippen molar-refractivity contribution in [3.8, 4) is 0 Å². The molecule has 0 spiro atoms. The second kappa shape index (κ2) is 6.90. The molecule has 0 aliphatic rings. The monoisotopic (exact) mass is 302 g/mol. The number of nitrogens with one attached hydrogen (secondary N) is 1. The summed E-state index contributed by atoms with van der Waals surface area (Å²) in [5, 5.41) is 13.3. The summed E-state index contributed by atoms with van der Waals surface area (Å²) in [5.41, 5.74) is 1.28. The third kappa shape index (κ3) is 4.32. The number of benzene rings is 2. The van der Waals surface area contributed by atoms with Crippen LogP contribution in [-0.2, 0) is 11.2 Å². The van der Waals surface area contributed by atoms with Gasteiger partial charge in [-0.05, 0) is 30.0 Å². The van der Waals surface area contributed by atoms with Gasteiger partial charge in [-0.15, -0.1) is 11.8 Å². The van der Waals surface area contributed by atoms with Gasteiger partial charge in [0.15, 0.2) is 0 Å². The van der Waals surface area contributed by atoms with Crippen molar-refractivity contribution in [2.45, 2.75) is 11.3 Å². The Kier molecular flexibility index (Phi) is 4.94. The van der Waals surface area contributed by atoms with Crippen molar-refractivity contribution >= 4 is 29.0 Å². The van der Waals surface area contributed by atoms with Crippen LogP contribution >= 0.6 is 11.8 Å². The summed E-state index contributed by atoms with van der Waals surface area (Å²) in [5.74, 6) is -0.201. The average molecular weight is 302 g/mol. The number of nitrogens with zero attached hydrogens (tertiary/aromatic N) is 1. The molecule has 1 N–H and O–H groups in total. The van der Waals surface area contributed by atoms with Crippen molar-refractivity contribution in [2.24, 2.45) is 0 Å². The minimum Gasteiger partial charge on any atom is -0.326 e. The van der Waals surface area contributed by atoms with Crippen LogP contribution in [0, 0.1) is 10.1 Å². The molecule has 0 unspecified atom stereocenters. The molecule has 0 bridgehead atoms. The summed E-state index contributed by atoms with van der Waals surface area (Å²) < 4.78 is 0. The molecule has 0 atom stereocenters. The van der Waals surface area contributed by atoms with Crippen LogP contribution in [0.4, 0.5) is 11.4 Å². The smallest absolute Gasteiger partial charge is 0.271 e. The fourth-order valence-corrected chi connectivity index (χ4v) is 2.24. The van der Waals surface area contributed by atoms with E-state index in [2.05, 4.69) is 5.32 Å². The van der Waals surface area contributed by atoms with Gasteiger partial charge in [0.2, 0.25) is 5.91 Å². The molecule has 0 saturated carbocycles. The normalized spacial score (nSPS) is 10.1. The van der Waals surface area contributed by atoms with Crippen LogP contribution in [0.2, 0.25) is 0 Å². The topological polar surface area (TPSA) is 72.2 Å². The number of anilines is 1. The quantitative estimate of drug-likeness (QED) is 0.521. The molecule has 0 aliphatic heterocycles. The maximum Gasteiger partial charge on any atom is 0.271 e. The Balaban J connectivity index is 2.00. The van der Waals surface area contributed by atoms with Gasteiger partial charge in [0.1, 0.15) is 0 Å². The predicted octanol–water partition coefficient (Wildman–Crippen LogP) is 3.50. The van der Waals surface area contributed by atoms with Crippen molar-refractivity contribution in [1.82, 2.24) is 0 Å². The van der Waals surface area contributed by atoms with E-state index in [-0.39, 0.29) is 18.0 Å². The summed E-state index contributed by atoms with van der Waals surface area (Å²) in [6, 6.07) is 13.6. The molecule has 5 nitrogen and oxygen atoms in total. The molecule has 0 radical (unpaired) electrons. The van der Waals surface area contributed by atoms with E-state index in [0.717, 1.165) is 10.5 Å². The first-order valence-electron chi connectivity index (χ1n) is 6.26. The third-order valence-electron chi connectivity index (χ3n) is 2.86. The van der Waals surface area contributed by atoms with E-state index < -0.39 is 4.92 Å². The summed E-state index contributed by atoms with van der Waals surface area (Å²) in [7, 11) is 0. The van der Waals surface area contributed by atoms with Gasteiger partial charge < -0.3 is 5.32 Å². The first-order chi connectivity index (χ1) is 10.1. The number of nitro groups is 1. The summed E-state index contributed by atoms with van der Waals surface area (Å²) in [4.78, 5) is 23.3. The summed E-state index contributed by atoms with van der Waals surface area (Å²) in [6.45, 7) is 0. The zero-order valence-corrected chi connectivity index (χ0v) is 12.2. The standard InChI is InChI=1S/C15H14N2O3S/c1-21-14-7-5-11(6-8-14)9-15(18)16-12-3-2-4-13(10-12)17(19)20/h2-8,10H,9H2,1H3,(H,16,18). The number of rotatable bonds is 5. The highest BCUT2D eigenvalue weighted by molar-refractivity contribution is 7.98. The molecular formula is C15H14N2O3S. The van der Waals surface area contributed by atoms with Gasteiger partial charge in [-0.1, -0.05) is 18.2 Å². The molecule has 108 valence electrons. The number of non-ortho nitro benzene ring substituents is 1. The molecule has 0 aromatic heterocycles. The Morgan fingerprint density at radius 2 is 1.95 bits per heavy atom. The van der Waals surface area contributed by atoms with Crippen molar-refractivity contribution in [1.29, 1.82) is 0 Å². The molecule has 21 heavy (non-hydrogen) atoms. The van der Waals surface area contributed by atoms with Crippen LogP contribution < -0.4 is 5.32 Å². The fourth-order valence-electron chi connectivity index (χ4n) is 1.83. The highest BCUT2D eigenvalue weighted by atomic mass is 32.2. The van der Waals surface area contributed by atoms with E-state index >= 15 is 0 Å². The summed E-state index contributed by atoms with van der Waals surface area (Å²) >= 11 is 1.64. The highest BCUT2D eigenvalue weighted by Gasteiger charge is 2.08. The third-order valence-corrected chi connectivity index (χ3v) is 3.61. The first kappa shape index (κ1) is 15.1. The lowest BCUT2D eigenvalue weighted by Gasteiger charge is -2.06. The minimum absolute atomic E-state index is 0.0443. The Labute approximate surface area is 126 Å². The number of thioether (sulfide) groups is 1. The van der Waals surface area contributed by atoms with Crippen molar-refractivity contribution < 1.29 is 9.72 Å². The van der Waals surface area contributed by atoms with E-state index in [1.165, 1.54) is 12.1 Å². The van der Waals surface area contributed by atoms with Gasteiger partial charge in [-0.25, -0.2) is 0 Å². The van der Waals surface area contributed by atoms with Crippen LogP contribution in [0.25, 0.3) is 0 Å². The largest absolute Gasteiger partial charge is 0.326 e. The molecule has 2 rings (SSSR count). The molecule has 2 aromatic carbocycles. The van der Waals surface area contributed by atoms with Crippen molar-refractivity contribution in [3.63, 3.8) is 0 Å².